The lowest BCUT2D eigenvalue weighted by molar-refractivity contribution is 0.0951. The molecule has 0 atom stereocenters. The smallest absolute Gasteiger partial charge is 0.253 e. The van der Waals surface area contributed by atoms with Crippen molar-refractivity contribution in [1.82, 2.24) is 25.5 Å². The predicted molar refractivity (Wildman–Crippen MR) is 99.0 cm³/mol. The summed E-state index contributed by atoms with van der Waals surface area (Å²) in [6.45, 7) is 0.474. The molecule has 6 nitrogen and oxygen atoms in total. The van der Waals surface area contributed by atoms with E-state index in [0.29, 0.717) is 17.8 Å². The first-order valence-electron chi connectivity index (χ1n) is 7.71. The van der Waals surface area contributed by atoms with Crippen molar-refractivity contribution >= 4 is 32.9 Å². The van der Waals surface area contributed by atoms with E-state index in [4.69, 9.17) is 0 Å². The van der Waals surface area contributed by atoms with Crippen LogP contribution in [0.2, 0.25) is 0 Å². The van der Waals surface area contributed by atoms with Crippen LogP contribution in [0.3, 0.4) is 0 Å². The molecule has 25 heavy (non-hydrogen) atoms. The van der Waals surface area contributed by atoms with Crippen molar-refractivity contribution in [2.75, 3.05) is 0 Å². The molecule has 0 unspecified atom stereocenters. The van der Waals surface area contributed by atoms with E-state index in [1.165, 1.54) is 0 Å². The molecule has 3 aromatic heterocycles. The summed E-state index contributed by atoms with van der Waals surface area (Å²) in [6, 6.07) is 13.4. The Morgan fingerprint density at radius 2 is 2.04 bits per heavy atom. The number of hydrogen-bond donors (Lipinski definition) is 3. The average Bonchev–Trinajstić information content (AvgIpc) is 3.27. The van der Waals surface area contributed by atoms with Gasteiger partial charge in [0.2, 0.25) is 0 Å². The zero-order valence-corrected chi connectivity index (χ0v) is 14.7. The van der Waals surface area contributed by atoms with Gasteiger partial charge in [0.1, 0.15) is 5.69 Å². The number of hydrogen-bond acceptors (Lipinski definition) is 3. The molecule has 3 N–H and O–H groups in total. The van der Waals surface area contributed by atoms with Crippen molar-refractivity contribution in [1.29, 1.82) is 0 Å². The van der Waals surface area contributed by atoms with Gasteiger partial charge in [-0.05, 0) is 35.9 Å². The second-order valence-electron chi connectivity index (χ2n) is 5.58. The van der Waals surface area contributed by atoms with E-state index in [1.54, 1.807) is 18.5 Å². The highest BCUT2D eigenvalue weighted by Gasteiger charge is 2.13. The normalized spacial score (nSPS) is 10.9. The van der Waals surface area contributed by atoms with Crippen LogP contribution in [0.5, 0.6) is 0 Å². The Labute approximate surface area is 151 Å². The third-order valence-electron chi connectivity index (χ3n) is 3.90. The lowest BCUT2D eigenvalue weighted by Gasteiger charge is -2.04. The number of aromatic amines is 2. The molecule has 1 amide bonds. The van der Waals surface area contributed by atoms with Crippen LogP contribution < -0.4 is 5.32 Å². The van der Waals surface area contributed by atoms with Crippen molar-refractivity contribution in [3.8, 4) is 11.4 Å². The molecule has 4 aromatic rings. The molecule has 0 saturated heterocycles. The summed E-state index contributed by atoms with van der Waals surface area (Å²) in [5.74, 6) is -0.136. The van der Waals surface area contributed by atoms with Gasteiger partial charge in [0.05, 0.1) is 11.3 Å². The number of halogens is 1. The molecule has 0 fully saturated rings. The Kier molecular flexibility index (Phi) is 4.07. The van der Waals surface area contributed by atoms with E-state index in [9.17, 15) is 4.79 Å². The van der Waals surface area contributed by atoms with Gasteiger partial charge >= 0.3 is 0 Å². The first-order chi connectivity index (χ1) is 12.2. The fraction of sp³-hybridized carbons (Fsp3) is 0.0556. The summed E-state index contributed by atoms with van der Waals surface area (Å²) >= 11 is 3.40. The summed E-state index contributed by atoms with van der Waals surface area (Å²) in [4.78, 5) is 19.7. The second kappa shape index (κ2) is 6.52. The molecule has 0 spiro atoms. The number of H-pyrrole nitrogens is 2. The van der Waals surface area contributed by atoms with Crippen LogP contribution in [0, 0.1) is 0 Å². The predicted octanol–water partition coefficient (Wildman–Crippen LogP) is 3.65. The van der Waals surface area contributed by atoms with Crippen LogP contribution in [-0.4, -0.2) is 26.1 Å². The standard InChI is InChI=1S/C18H14BrN5O/c19-13-5-3-11(4-6-13)9-22-18(25)12-8-15(21-10-12)16-14-2-1-7-20-17(14)24-23-16/h1-8,10,21H,9H2,(H,22,25)(H,20,23,24). The molecule has 4 rings (SSSR count). The largest absolute Gasteiger partial charge is 0.359 e. The van der Waals surface area contributed by atoms with Crippen molar-refractivity contribution in [2.45, 2.75) is 6.54 Å². The third kappa shape index (κ3) is 3.18. The summed E-state index contributed by atoms with van der Waals surface area (Å²) in [7, 11) is 0. The molecule has 0 aliphatic heterocycles. The number of nitrogens with one attached hydrogen (secondary N) is 3. The molecule has 1 aromatic carbocycles. The van der Waals surface area contributed by atoms with Gasteiger partial charge in [-0.1, -0.05) is 28.1 Å². The highest BCUT2D eigenvalue weighted by molar-refractivity contribution is 9.10. The number of carbonyl (C=O) groups excluding carboxylic acids is 1. The highest BCUT2D eigenvalue weighted by atomic mass is 79.9. The molecule has 0 aliphatic rings. The first kappa shape index (κ1) is 15.6. The summed E-state index contributed by atoms with van der Waals surface area (Å²) < 4.78 is 1.01. The average molecular weight is 396 g/mol. The first-order valence-corrected chi connectivity index (χ1v) is 8.50. The van der Waals surface area contributed by atoms with E-state index in [0.717, 1.165) is 26.8 Å². The van der Waals surface area contributed by atoms with Crippen LogP contribution in [-0.2, 0) is 6.54 Å². The number of fused-ring (bicyclic) bond motifs is 1. The topological polar surface area (TPSA) is 86.5 Å². The SMILES string of the molecule is O=C(NCc1ccc(Br)cc1)c1c[nH]c(-c2n[nH]c3ncccc23)c1. The lowest BCUT2D eigenvalue weighted by Crippen LogP contribution is -2.22. The Hall–Kier alpha value is -2.93. The summed E-state index contributed by atoms with van der Waals surface area (Å²) in [5.41, 5.74) is 3.83. The maximum Gasteiger partial charge on any atom is 0.253 e. The van der Waals surface area contributed by atoms with E-state index in [1.807, 2.05) is 36.4 Å². The van der Waals surface area contributed by atoms with Crippen molar-refractivity contribution in [2.24, 2.45) is 0 Å². The maximum absolute atomic E-state index is 12.4. The van der Waals surface area contributed by atoms with E-state index >= 15 is 0 Å². The van der Waals surface area contributed by atoms with Crippen LogP contribution in [0.1, 0.15) is 15.9 Å². The van der Waals surface area contributed by atoms with Crippen LogP contribution in [0.4, 0.5) is 0 Å². The fourth-order valence-electron chi connectivity index (χ4n) is 2.61. The monoisotopic (exact) mass is 395 g/mol. The molecule has 0 radical (unpaired) electrons. The minimum Gasteiger partial charge on any atom is -0.359 e. The number of nitrogens with zero attached hydrogens (tertiary/aromatic N) is 2. The third-order valence-corrected chi connectivity index (χ3v) is 4.43. The van der Waals surface area contributed by atoms with E-state index < -0.39 is 0 Å². The number of pyridine rings is 1. The highest BCUT2D eigenvalue weighted by Crippen LogP contribution is 2.24. The number of benzene rings is 1. The molecule has 0 bridgehead atoms. The zero-order chi connectivity index (χ0) is 17.2. The summed E-state index contributed by atoms with van der Waals surface area (Å²) in [5, 5.41) is 11.0. The van der Waals surface area contributed by atoms with Gasteiger partial charge in [-0.2, -0.15) is 5.10 Å². The second-order valence-corrected chi connectivity index (χ2v) is 6.50. The number of carbonyl (C=O) groups is 1. The molecule has 0 aliphatic carbocycles. The molecule has 3 heterocycles. The molecular formula is C18H14BrN5O. The van der Waals surface area contributed by atoms with Crippen molar-refractivity contribution in [3.05, 3.63) is 70.5 Å². The van der Waals surface area contributed by atoms with Gasteiger partial charge < -0.3 is 10.3 Å². The maximum atomic E-state index is 12.4. The van der Waals surface area contributed by atoms with Gasteiger partial charge in [0.25, 0.3) is 5.91 Å². The van der Waals surface area contributed by atoms with Gasteiger partial charge in [-0.25, -0.2) is 4.98 Å². The Morgan fingerprint density at radius 3 is 2.88 bits per heavy atom. The molecule has 0 saturated carbocycles. The molecule has 124 valence electrons. The Bertz CT molecular complexity index is 1040. The van der Waals surface area contributed by atoms with Crippen LogP contribution >= 0.6 is 15.9 Å². The number of rotatable bonds is 4. The Morgan fingerprint density at radius 1 is 1.20 bits per heavy atom. The Balaban J connectivity index is 1.50. The van der Waals surface area contributed by atoms with E-state index in [-0.39, 0.29) is 5.91 Å². The zero-order valence-electron chi connectivity index (χ0n) is 13.1. The van der Waals surface area contributed by atoms with Gasteiger partial charge in [0, 0.05) is 28.8 Å². The van der Waals surface area contributed by atoms with Crippen LogP contribution in [0.25, 0.3) is 22.4 Å². The lowest BCUT2D eigenvalue weighted by atomic mass is 10.2. The van der Waals surface area contributed by atoms with Gasteiger partial charge in [-0.3, -0.25) is 9.89 Å². The van der Waals surface area contributed by atoms with Crippen molar-refractivity contribution in [3.63, 3.8) is 0 Å². The summed E-state index contributed by atoms with van der Waals surface area (Å²) in [6.07, 6.45) is 3.39. The molecular weight excluding hydrogens is 382 g/mol. The minimum absolute atomic E-state index is 0.136. The fourth-order valence-corrected chi connectivity index (χ4v) is 2.87. The molecule has 7 heteroatoms. The minimum atomic E-state index is -0.136. The van der Waals surface area contributed by atoms with Crippen LogP contribution in [0.15, 0.2) is 59.3 Å². The number of amides is 1. The van der Waals surface area contributed by atoms with Gasteiger partial charge in [0.15, 0.2) is 5.65 Å². The quantitative estimate of drug-likeness (QED) is 0.492. The number of aromatic nitrogens is 4. The van der Waals surface area contributed by atoms with Crippen molar-refractivity contribution < 1.29 is 4.79 Å². The van der Waals surface area contributed by atoms with Gasteiger partial charge in [-0.15, -0.1) is 0 Å². The van der Waals surface area contributed by atoms with E-state index in [2.05, 4.69) is 41.4 Å².